The largest absolute Gasteiger partial charge is 0.495 e. The zero-order chi connectivity index (χ0) is 18.7. The highest BCUT2D eigenvalue weighted by Gasteiger charge is 2.30. The summed E-state index contributed by atoms with van der Waals surface area (Å²) in [6.45, 7) is 1.10. The molecule has 9 heteroatoms. The molecule has 0 N–H and O–H groups in total. The predicted molar refractivity (Wildman–Crippen MR) is 96.9 cm³/mol. The molecule has 0 saturated carbocycles. The quantitative estimate of drug-likeness (QED) is 0.789. The Morgan fingerprint density at radius 2 is 1.77 bits per heavy atom. The van der Waals surface area contributed by atoms with Crippen LogP contribution in [-0.4, -0.2) is 61.8 Å². The van der Waals surface area contributed by atoms with Gasteiger partial charge in [-0.3, -0.25) is 9.78 Å². The maximum Gasteiger partial charge on any atom is 0.254 e. The third kappa shape index (κ3) is 3.67. The Labute approximate surface area is 157 Å². The van der Waals surface area contributed by atoms with Gasteiger partial charge in [0.05, 0.1) is 17.0 Å². The van der Waals surface area contributed by atoms with Crippen LogP contribution in [0.15, 0.2) is 47.6 Å². The number of carbonyl (C=O) groups is 1. The van der Waals surface area contributed by atoms with E-state index in [1.165, 1.54) is 29.6 Å². The molecule has 0 radical (unpaired) electrons. The van der Waals surface area contributed by atoms with Gasteiger partial charge in [0.1, 0.15) is 5.75 Å². The molecular weight excluding hydrogens is 378 g/mol. The lowest BCUT2D eigenvalue weighted by Crippen LogP contribution is -2.50. The Morgan fingerprint density at radius 3 is 2.35 bits per heavy atom. The van der Waals surface area contributed by atoms with Gasteiger partial charge in [0, 0.05) is 44.1 Å². The van der Waals surface area contributed by atoms with Gasteiger partial charge < -0.3 is 9.64 Å². The lowest BCUT2D eigenvalue weighted by Gasteiger charge is -2.34. The second-order valence-corrected chi connectivity index (χ2v) is 8.07. The number of carbonyl (C=O) groups excluding carboxylic acids is 1. The fourth-order valence-corrected chi connectivity index (χ4v) is 4.54. The van der Waals surface area contributed by atoms with E-state index in [4.69, 9.17) is 16.3 Å². The number of rotatable bonds is 4. The number of nitrogens with zero attached hydrogens (tertiary/aromatic N) is 3. The standard InChI is InChI=1S/C17H18ClN3O4S/c1-25-16-3-2-14(12-15(16)18)26(23,24)21-10-8-20(9-11-21)17(22)13-4-6-19-7-5-13/h2-7,12H,8-11H2,1H3. The molecule has 2 heterocycles. The van der Waals surface area contributed by atoms with Crippen LogP contribution in [0.5, 0.6) is 5.75 Å². The van der Waals surface area contributed by atoms with Crippen LogP contribution in [0.4, 0.5) is 0 Å². The lowest BCUT2D eigenvalue weighted by molar-refractivity contribution is 0.0698. The molecule has 7 nitrogen and oxygen atoms in total. The molecule has 1 amide bonds. The zero-order valence-electron chi connectivity index (χ0n) is 14.1. The van der Waals surface area contributed by atoms with Gasteiger partial charge in [-0.15, -0.1) is 0 Å². The summed E-state index contributed by atoms with van der Waals surface area (Å²) >= 11 is 6.04. The van der Waals surface area contributed by atoms with Gasteiger partial charge in [0.2, 0.25) is 10.0 Å². The minimum atomic E-state index is -3.68. The van der Waals surface area contributed by atoms with E-state index in [0.29, 0.717) is 24.4 Å². The van der Waals surface area contributed by atoms with Crippen LogP contribution < -0.4 is 4.74 Å². The molecule has 138 valence electrons. The Bertz CT molecular complexity index is 897. The molecule has 1 fully saturated rings. The molecule has 0 unspecified atom stereocenters. The molecule has 1 aromatic heterocycles. The molecule has 1 aliphatic rings. The van der Waals surface area contributed by atoms with Gasteiger partial charge >= 0.3 is 0 Å². The monoisotopic (exact) mass is 395 g/mol. The number of hydrogen-bond donors (Lipinski definition) is 0. The number of sulfonamides is 1. The van der Waals surface area contributed by atoms with Crippen molar-refractivity contribution in [1.29, 1.82) is 0 Å². The summed E-state index contributed by atoms with van der Waals surface area (Å²) in [6, 6.07) is 7.66. The van der Waals surface area contributed by atoms with Crippen LogP contribution in [0, 0.1) is 0 Å². The lowest BCUT2D eigenvalue weighted by atomic mass is 10.2. The smallest absolute Gasteiger partial charge is 0.254 e. The number of halogens is 1. The van der Waals surface area contributed by atoms with Crippen molar-refractivity contribution >= 4 is 27.5 Å². The SMILES string of the molecule is COc1ccc(S(=O)(=O)N2CCN(C(=O)c3ccncc3)CC2)cc1Cl. The second-order valence-electron chi connectivity index (χ2n) is 5.73. The predicted octanol–water partition coefficient (Wildman–Crippen LogP) is 1.89. The normalized spacial score (nSPS) is 15.7. The van der Waals surface area contributed by atoms with Crippen LogP contribution >= 0.6 is 11.6 Å². The van der Waals surface area contributed by atoms with Gasteiger partial charge in [-0.1, -0.05) is 11.6 Å². The average molecular weight is 396 g/mol. The summed E-state index contributed by atoms with van der Waals surface area (Å²) in [5.74, 6) is 0.287. The van der Waals surface area contributed by atoms with Crippen molar-refractivity contribution in [2.24, 2.45) is 0 Å². The molecule has 0 bridgehead atoms. The number of piperazine rings is 1. The zero-order valence-corrected chi connectivity index (χ0v) is 15.7. The summed E-state index contributed by atoms with van der Waals surface area (Å²) in [4.78, 5) is 18.1. The van der Waals surface area contributed by atoms with E-state index in [0.717, 1.165) is 0 Å². The highest BCUT2D eigenvalue weighted by atomic mass is 35.5. The third-order valence-electron chi connectivity index (χ3n) is 4.21. The van der Waals surface area contributed by atoms with Gasteiger partial charge in [0.25, 0.3) is 5.91 Å². The Hall–Kier alpha value is -2.16. The van der Waals surface area contributed by atoms with E-state index in [1.807, 2.05) is 0 Å². The van der Waals surface area contributed by atoms with E-state index in [1.54, 1.807) is 29.4 Å². The molecule has 1 aliphatic heterocycles. The number of hydrogen-bond acceptors (Lipinski definition) is 5. The topological polar surface area (TPSA) is 79.8 Å². The van der Waals surface area contributed by atoms with Crippen molar-refractivity contribution < 1.29 is 17.9 Å². The number of aromatic nitrogens is 1. The Balaban J connectivity index is 1.71. The first-order valence-corrected chi connectivity index (χ1v) is 9.78. The van der Waals surface area contributed by atoms with Gasteiger partial charge in [-0.2, -0.15) is 4.31 Å². The summed E-state index contributed by atoms with van der Waals surface area (Å²) in [6.07, 6.45) is 3.11. The maximum atomic E-state index is 12.8. The summed E-state index contributed by atoms with van der Waals surface area (Å²) in [5, 5.41) is 0.236. The third-order valence-corrected chi connectivity index (χ3v) is 6.40. The van der Waals surface area contributed by atoms with E-state index in [-0.39, 0.29) is 28.9 Å². The molecule has 1 aromatic carbocycles. The number of pyridine rings is 1. The van der Waals surface area contributed by atoms with E-state index in [2.05, 4.69) is 4.98 Å². The van der Waals surface area contributed by atoms with Crippen molar-refractivity contribution in [2.45, 2.75) is 4.90 Å². The first-order chi connectivity index (χ1) is 12.4. The summed E-state index contributed by atoms with van der Waals surface area (Å²) in [5.41, 5.74) is 0.540. The number of amides is 1. The minimum Gasteiger partial charge on any atom is -0.495 e. The highest BCUT2D eigenvalue weighted by molar-refractivity contribution is 7.89. The van der Waals surface area contributed by atoms with E-state index in [9.17, 15) is 13.2 Å². The second kappa shape index (κ2) is 7.61. The molecule has 1 saturated heterocycles. The Morgan fingerprint density at radius 1 is 1.12 bits per heavy atom. The first kappa shape index (κ1) is 18.6. The van der Waals surface area contributed by atoms with Crippen LogP contribution in [0.25, 0.3) is 0 Å². The Kier molecular flexibility index (Phi) is 5.45. The molecule has 0 spiro atoms. The number of methoxy groups -OCH3 is 1. The fourth-order valence-electron chi connectivity index (χ4n) is 2.77. The van der Waals surface area contributed by atoms with E-state index < -0.39 is 10.0 Å². The average Bonchev–Trinajstić information content (AvgIpc) is 2.68. The van der Waals surface area contributed by atoms with Gasteiger partial charge in [-0.25, -0.2) is 8.42 Å². The molecule has 0 aliphatic carbocycles. The fraction of sp³-hybridized carbons (Fsp3) is 0.294. The van der Waals surface area contributed by atoms with E-state index >= 15 is 0 Å². The van der Waals surface area contributed by atoms with Crippen molar-refractivity contribution in [3.63, 3.8) is 0 Å². The van der Waals surface area contributed by atoms with Crippen LogP contribution in [-0.2, 0) is 10.0 Å². The first-order valence-electron chi connectivity index (χ1n) is 7.96. The molecule has 3 rings (SSSR count). The molecule has 2 aromatic rings. The van der Waals surface area contributed by atoms with Crippen molar-refractivity contribution in [3.8, 4) is 5.75 Å². The molecule has 0 atom stereocenters. The van der Waals surface area contributed by atoms with Crippen molar-refractivity contribution in [3.05, 3.63) is 53.3 Å². The van der Waals surface area contributed by atoms with Crippen LogP contribution in [0.1, 0.15) is 10.4 Å². The van der Waals surface area contributed by atoms with Crippen molar-refractivity contribution in [1.82, 2.24) is 14.2 Å². The number of ether oxygens (including phenoxy) is 1. The van der Waals surface area contributed by atoms with Crippen molar-refractivity contribution in [2.75, 3.05) is 33.3 Å². The van der Waals surface area contributed by atoms with Gasteiger partial charge in [0.15, 0.2) is 0 Å². The van der Waals surface area contributed by atoms with Gasteiger partial charge in [-0.05, 0) is 30.3 Å². The van der Waals surface area contributed by atoms with Crippen LogP contribution in [0.3, 0.4) is 0 Å². The molecular formula is C17H18ClN3O4S. The minimum absolute atomic E-state index is 0.109. The molecule has 26 heavy (non-hydrogen) atoms. The highest BCUT2D eigenvalue weighted by Crippen LogP contribution is 2.28. The van der Waals surface area contributed by atoms with Crippen LogP contribution in [0.2, 0.25) is 5.02 Å². The summed E-state index contributed by atoms with van der Waals surface area (Å²) in [7, 11) is -2.21. The maximum absolute atomic E-state index is 12.8. The summed E-state index contributed by atoms with van der Waals surface area (Å²) < 4.78 is 32.0. The number of benzene rings is 1.